The molecule has 0 aromatic heterocycles. The van der Waals surface area contributed by atoms with Gasteiger partial charge in [-0.1, -0.05) is 18.2 Å². The zero-order valence-electron chi connectivity index (χ0n) is 18.3. The topological polar surface area (TPSA) is 59.1 Å². The van der Waals surface area contributed by atoms with Crippen LogP contribution in [0.1, 0.15) is 61.7 Å². The molecule has 168 valence electrons. The van der Waals surface area contributed by atoms with Gasteiger partial charge < -0.3 is 19.3 Å². The summed E-state index contributed by atoms with van der Waals surface area (Å²) in [6, 6.07) is 10.3. The number of amides is 2. The number of hydrogen-bond acceptors (Lipinski definition) is 4. The first-order chi connectivity index (χ1) is 15.2. The average molecular weight is 427 g/mol. The molecule has 0 N–H and O–H groups in total. The van der Waals surface area contributed by atoms with Crippen molar-refractivity contribution in [2.45, 2.75) is 69.1 Å². The molecule has 2 amide bonds. The minimum Gasteiger partial charge on any atom is -0.381 e. The number of rotatable bonds is 4. The van der Waals surface area contributed by atoms with Gasteiger partial charge in [-0.15, -0.1) is 0 Å². The van der Waals surface area contributed by atoms with Crippen molar-refractivity contribution in [1.29, 1.82) is 0 Å². The number of benzene rings is 1. The molecule has 6 heteroatoms. The van der Waals surface area contributed by atoms with Gasteiger partial charge in [-0.25, -0.2) is 0 Å². The lowest BCUT2D eigenvalue weighted by Crippen LogP contribution is -2.56. The Labute approximate surface area is 184 Å². The van der Waals surface area contributed by atoms with Gasteiger partial charge in [0, 0.05) is 56.5 Å². The van der Waals surface area contributed by atoms with Gasteiger partial charge in [0.2, 0.25) is 5.91 Å². The Kier molecular flexibility index (Phi) is 6.02. The SMILES string of the molecule is O=C(C1CCOCC1)N1CCC2(CC1)CC(N(C(=O)c1ccccc1)C1CC1)CCO2. The highest BCUT2D eigenvalue weighted by Gasteiger charge is 2.46. The third-order valence-corrected chi connectivity index (χ3v) is 7.61. The van der Waals surface area contributed by atoms with Gasteiger partial charge in [0.05, 0.1) is 5.60 Å². The van der Waals surface area contributed by atoms with E-state index in [4.69, 9.17) is 9.47 Å². The van der Waals surface area contributed by atoms with E-state index in [-0.39, 0.29) is 23.5 Å². The van der Waals surface area contributed by atoms with Crippen LogP contribution in [0, 0.1) is 5.92 Å². The lowest BCUT2D eigenvalue weighted by molar-refractivity contribution is -0.153. The Morgan fingerprint density at radius 3 is 2.29 bits per heavy atom. The number of ether oxygens (including phenoxy) is 2. The van der Waals surface area contributed by atoms with Crippen LogP contribution < -0.4 is 0 Å². The molecular weight excluding hydrogens is 392 g/mol. The van der Waals surface area contributed by atoms with Gasteiger partial charge in [0.25, 0.3) is 5.91 Å². The fourth-order valence-corrected chi connectivity index (χ4v) is 5.64. The Hall–Kier alpha value is -1.92. The van der Waals surface area contributed by atoms with Gasteiger partial charge in [-0.05, 0) is 63.5 Å². The third-order valence-electron chi connectivity index (χ3n) is 7.61. The van der Waals surface area contributed by atoms with Crippen LogP contribution in [-0.2, 0) is 14.3 Å². The predicted octanol–water partition coefficient (Wildman–Crippen LogP) is 3.26. The second-order valence-corrected chi connectivity index (χ2v) is 9.70. The number of carbonyl (C=O) groups is 2. The van der Waals surface area contributed by atoms with E-state index in [1.54, 1.807) is 0 Å². The lowest BCUT2D eigenvalue weighted by Gasteiger charge is -2.49. The maximum atomic E-state index is 13.3. The molecule has 31 heavy (non-hydrogen) atoms. The summed E-state index contributed by atoms with van der Waals surface area (Å²) in [5.41, 5.74) is 0.589. The normalized spacial score (nSPS) is 26.6. The monoisotopic (exact) mass is 426 g/mol. The molecule has 6 nitrogen and oxygen atoms in total. The van der Waals surface area contributed by atoms with E-state index in [0.29, 0.717) is 31.8 Å². The van der Waals surface area contributed by atoms with Gasteiger partial charge >= 0.3 is 0 Å². The van der Waals surface area contributed by atoms with Gasteiger partial charge in [-0.3, -0.25) is 9.59 Å². The van der Waals surface area contributed by atoms with Crippen molar-refractivity contribution in [1.82, 2.24) is 9.80 Å². The Bertz CT molecular complexity index is 780. The minimum atomic E-state index is -0.195. The van der Waals surface area contributed by atoms with Crippen LogP contribution in [0.3, 0.4) is 0 Å². The van der Waals surface area contributed by atoms with Crippen LogP contribution in [0.5, 0.6) is 0 Å². The zero-order chi connectivity index (χ0) is 21.3. The molecular formula is C25H34N2O4. The molecule has 1 unspecified atom stereocenters. The first kappa shape index (κ1) is 21.0. The first-order valence-corrected chi connectivity index (χ1v) is 12.0. The maximum Gasteiger partial charge on any atom is 0.254 e. The molecule has 1 spiro atoms. The molecule has 1 aromatic carbocycles. The maximum absolute atomic E-state index is 13.3. The van der Waals surface area contributed by atoms with Crippen LogP contribution in [0.15, 0.2) is 30.3 Å². The summed E-state index contributed by atoms with van der Waals surface area (Å²) in [7, 11) is 0. The molecule has 4 aliphatic rings. The number of nitrogens with zero attached hydrogens (tertiary/aromatic N) is 2. The van der Waals surface area contributed by atoms with E-state index in [1.807, 2.05) is 35.2 Å². The van der Waals surface area contributed by atoms with Gasteiger partial charge in [0.1, 0.15) is 0 Å². The summed E-state index contributed by atoms with van der Waals surface area (Å²) >= 11 is 0. The third kappa shape index (κ3) is 4.51. The Morgan fingerprint density at radius 2 is 1.61 bits per heavy atom. The summed E-state index contributed by atoms with van der Waals surface area (Å²) in [4.78, 5) is 30.5. The molecule has 3 aliphatic heterocycles. The highest BCUT2D eigenvalue weighted by atomic mass is 16.5. The van der Waals surface area contributed by atoms with E-state index in [9.17, 15) is 9.59 Å². The molecule has 5 rings (SSSR count). The second kappa shape index (κ2) is 8.91. The van der Waals surface area contributed by atoms with Crippen LogP contribution in [-0.4, -0.2) is 72.2 Å². The van der Waals surface area contributed by atoms with Gasteiger partial charge in [0.15, 0.2) is 0 Å². The number of hydrogen-bond donors (Lipinski definition) is 0. The van der Waals surface area contributed by atoms with Gasteiger partial charge in [-0.2, -0.15) is 0 Å². The van der Waals surface area contributed by atoms with Crippen LogP contribution in [0.2, 0.25) is 0 Å². The summed E-state index contributed by atoms with van der Waals surface area (Å²) < 4.78 is 11.8. The quantitative estimate of drug-likeness (QED) is 0.742. The standard InChI is InChI=1S/C25H34N2O4/c28-23(20-8-15-30-16-9-20)26-13-11-25(12-14-26)18-22(10-17-31-25)27(21-6-7-21)24(29)19-4-2-1-3-5-19/h1-5,20-22H,6-18H2. The molecule has 1 aliphatic carbocycles. The molecule has 1 aromatic rings. The van der Waals surface area contributed by atoms with E-state index >= 15 is 0 Å². The van der Waals surface area contributed by atoms with Crippen LogP contribution in [0.25, 0.3) is 0 Å². The first-order valence-electron chi connectivity index (χ1n) is 12.0. The summed E-state index contributed by atoms with van der Waals surface area (Å²) in [6.07, 6.45) is 7.44. The van der Waals surface area contributed by atoms with Crippen molar-refractivity contribution in [2.24, 2.45) is 5.92 Å². The molecule has 3 heterocycles. The molecule has 0 bridgehead atoms. The van der Waals surface area contributed by atoms with E-state index < -0.39 is 0 Å². The molecule has 4 fully saturated rings. The predicted molar refractivity (Wildman–Crippen MR) is 117 cm³/mol. The summed E-state index contributed by atoms with van der Waals surface area (Å²) in [5.74, 6) is 0.582. The van der Waals surface area contributed by atoms with Crippen molar-refractivity contribution in [3.63, 3.8) is 0 Å². The highest BCUT2D eigenvalue weighted by Crippen LogP contribution is 2.41. The van der Waals surface area contributed by atoms with Crippen molar-refractivity contribution < 1.29 is 19.1 Å². The minimum absolute atomic E-state index is 0.122. The van der Waals surface area contributed by atoms with Crippen molar-refractivity contribution >= 4 is 11.8 Å². The Balaban J connectivity index is 1.24. The zero-order valence-corrected chi connectivity index (χ0v) is 18.3. The van der Waals surface area contributed by atoms with Crippen LogP contribution >= 0.6 is 0 Å². The van der Waals surface area contributed by atoms with E-state index in [2.05, 4.69) is 4.90 Å². The smallest absolute Gasteiger partial charge is 0.254 e. The largest absolute Gasteiger partial charge is 0.381 e. The fourth-order valence-electron chi connectivity index (χ4n) is 5.64. The number of likely N-dealkylation sites (tertiary alicyclic amines) is 1. The molecule has 1 saturated carbocycles. The van der Waals surface area contributed by atoms with Crippen molar-refractivity contribution in [2.75, 3.05) is 32.9 Å². The van der Waals surface area contributed by atoms with Crippen LogP contribution in [0.4, 0.5) is 0 Å². The second-order valence-electron chi connectivity index (χ2n) is 9.70. The number of carbonyl (C=O) groups excluding carboxylic acids is 2. The summed E-state index contributed by atoms with van der Waals surface area (Å²) in [6.45, 7) is 3.62. The lowest BCUT2D eigenvalue weighted by atomic mass is 9.81. The fraction of sp³-hybridized carbons (Fsp3) is 0.680. The summed E-state index contributed by atoms with van der Waals surface area (Å²) in [5, 5.41) is 0. The van der Waals surface area contributed by atoms with Crippen molar-refractivity contribution in [3.8, 4) is 0 Å². The van der Waals surface area contributed by atoms with E-state index in [1.165, 1.54) is 0 Å². The highest BCUT2D eigenvalue weighted by molar-refractivity contribution is 5.94. The molecule has 0 radical (unpaired) electrons. The molecule has 3 saturated heterocycles. The molecule has 1 atom stereocenters. The number of piperidine rings is 1. The average Bonchev–Trinajstić information content (AvgIpc) is 3.66. The Morgan fingerprint density at radius 1 is 0.903 bits per heavy atom. The van der Waals surface area contributed by atoms with E-state index in [0.717, 1.165) is 70.0 Å². The van der Waals surface area contributed by atoms with Crippen molar-refractivity contribution in [3.05, 3.63) is 35.9 Å².